The summed E-state index contributed by atoms with van der Waals surface area (Å²) in [6, 6.07) is 6.32. The van der Waals surface area contributed by atoms with Crippen LogP contribution >= 0.6 is 15.9 Å². The van der Waals surface area contributed by atoms with Crippen molar-refractivity contribution >= 4 is 21.8 Å². The average Bonchev–Trinajstić information content (AvgIpc) is 2.82. The van der Waals surface area contributed by atoms with E-state index in [4.69, 9.17) is 0 Å². The van der Waals surface area contributed by atoms with Gasteiger partial charge in [0, 0.05) is 16.9 Å². The molecule has 0 saturated heterocycles. The molecular weight excluding hydrogens is 278 g/mol. The normalized spacial score (nSPS) is 15.4. The molecule has 1 unspecified atom stereocenters. The molecule has 2 nitrogen and oxygen atoms in total. The summed E-state index contributed by atoms with van der Waals surface area (Å²) in [5.41, 5.74) is 3.56. The second kappa shape index (κ2) is 5.67. The number of rotatable bonds is 4. The summed E-state index contributed by atoms with van der Waals surface area (Å²) in [4.78, 5) is 12.0. The van der Waals surface area contributed by atoms with Gasteiger partial charge in [-0.15, -0.1) is 0 Å². The van der Waals surface area contributed by atoms with E-state index in [0.29, 0.717) is 0 Å². The van der Waals surface area contributed by atoms with E-state index in [1.165, 1.54) is 17.5 Å². The van der Waals surface area contributed by atoms with Crippen molar-refractivity contribution in [2.45, 2.75) is 38.6 Å². The van der Waals surface area contributed by atoms with Crippen LogP contribution in [0.4, 0.5) is 0 Å². The molecule has 1 aliphatic rings. The first-order chi connectivity index (χ1) is 8.24. The molecule has 2 rings (SSSR count). The molecule has 1 aromatic rings. The first-order valence-electron chi connectivity index (χ1n) is 6.23. The van der Waals surface area contributed by atoms with Gasteiger partial charge in [0.15, 0.2) is 0 Å². The SMILES string of the molecule is CCC(CBr)NC(=O)c1ccc2c(c1)CCC2. The van der Waals surface area contributed by atoms with Crippen LogP contribution in [0.2, 0.25) is 0 Å². The van der Waals surface area contributed by atoms with Crippen LogP contribution in [0.1, 0.15) is 41.3 Å². The van der Waals surface area contributed by atoms with Crippen molar-refractivity contribution in [1.29, 1.82) is 0 Å². The summed E-state index contributed by atoms with van der Waals surface area (Å²) >= 11 is 3.41. The zero-order valence-electron chi connectivity index (χ0n) is 10.1. The zero-order valence-corrected chi connectivity index (χ0v) is 11.7. The van der Waals surface area contributed by atoms with E-state index in [2.05, 4.69) is 40.3 Å². The highest BCUT2D eigenvalue weighted by Crippen LogP contribution is 2.22. The van der Waals surface area contributed by atoms with Crippen LogP contribution in [0.5, 0.6) is 0 Å². The Morgan fingerprint density at radius 1 is 1.41 bits per heavy atom. The molecule has 1 aliphatic carbocycles. The molecule has 0 fully saturated rings. The van der Waals surface area contributed by atoms with Crippen LogP contribution in [-0.2, 0) is 12.8 Å². The lowest BCUT2D eigenvalue weighted by molar-refractivity contribution is 0.0940. The van der Waals surface area contributed by atoms with Gasteiger partial charge in [-0.05, 0) is 48.9 Å². The van der Waals surface area contributed by atoms with Crippen molar-refractivity contribution in [3.05, 3.63) is 34.9 Å². The number of halogens is 1. The number of hydrogen-bond donors (Lipinski definition) is 1. The number of carbonyl (C=O) groups excluding carboxylic acids is 1. The third kappa shape index (κ3) is 2.89. The highest BCUT2D eigenvalue weighted by atomic mass is 79.9. The van der Waals surface area contributed by atoms with Crippen molar-refractivity contribution in [3.63, 3.8) is 0 Å². The van der Waals surface area contributed by atoms with Crippen LogP contribution < -0.4 is 5.32 Å². The Labute approximate surface area is 111 Å². The topological polar surface area (TPSA) is 29.1 Å². The van der Waals surface area contributed by atoms with Crippen molar-refractivity contribution in [3.8, 4) is 0 Å². The van der Waals surface area contributed by atoms with Gasteiger partial charge < -0.3 is 5.32 Å². The van der Waals surface area contributed by atoms with Gasteiger partial charge in [0.1, 0.15) is 0 Å². The highest BCUT2D eigenvalue weighted by molar-refractivity contribution is 9.09. The summed E-state index contributed by atoms with van der Waals surface area (Å²) in [6.07, 6.45) is 4.45. The fourth-order valence-electron chi connectivity index (χ4n) is 2.23. The van der Waals surface area contributed by atoms with Gasteiger partial charge in [0.25, 0.3) is 5.91 Å². The maximum atomic E-state index is 12.0. The molecule has 1 amide bonds. The molecular formula is C14H18BrNO. The van der Waals surface area contributed by atoms with Crippen molar-refractivity contribution in [1.82, 2.24) is 5.32 Å². The number of hydrogen-bond acceptors (Lipinski definition) is 1. The van der Waals surface area contributed by atoms with Gasteiger partial charge >= 0.3 is 0 Å². The Morgan fingerprint density at radius 3 is 2.88 bits per heavy atom. The standard InChI is InChI=1S/C14H18BrNO/c1-2-13(9-15)16-14(17)12-7-6-10-4-3-5-11(10)8-12/h6-8,13H,2-5,9H2,1H3,(H,16,17). The van der Waals surface area contributed by atoms with Crippen LogP contribution in [0.3, 0.4) is 0 Å². The Morgan fingerprint density at radius 2 is 2.18 bits per heavy atom. The largest absolute Gasteiger partial charge is 0.348 e. The predicted molar refractivity (Wildman–Crippen MR) is 73.8 cm³/mol. The molecule has 0 radical (unpaired) electrons. The van der Waals surface area contributed by atoms with Gasteiger partial charge in [-0.25, -0.2) is 0 Å². The minimum Gasteiger partial charge on any atom is -0.348 e. The molecule has 92 valence electrons. The summed E-state index contributed by atoms with van der Waals surface area (Å²) in [5.74, 6) is 0.0472. The van der Waals surface area contributed by atoms with Crippen LogP contribution in [0.25, 0.3) is 0 Å². The van der Waals surface area contributed by atoms with Gasteiger partial charge in [-0.3, -0.25) is 4.79 Å². The number of aryl methyl sites for hydroxylation is 2. The maximum Gasteiger partial charge on any atom is 0.251 e. The molecule has 0 spiro atoms. The van der Waals surface area contributed by atoms with Gasteiger partial charge in [-0.1, -0.05) is 28.9 Å². The first kappa shape index (κ1) is 12.6. The van der Waals surface area contributed by atoms with E-state index in [9.17, 15) is 4.79 Å². The summed E-state index contributed by atoms with van der Waals surface area (Å²) in [7, 11) is 0. The van der Waals surface area contributed by atoms with E-state index < -0.39 is 0 Å². The summed E-state index contributed by atoms with van der Waals surface area (Å²) in [5, 5.41) is 3.84. The molecule has 1 N–H and O–H groups in total. The van der Waals surface area contributed by atoms with Gasteiger partial charge in [0.05, 0.1) is 0 Å². The molecule has 1 aromatic carbocycles. The molecule has 3 heteroatoms. The first-order valence-corrected chi connectivity index (χ1v) is 7.35. The number of amides is 1. The lowest BCUT2D eigenvalue weighted by Gasteiger charge is -2.14. The number of fused-ring (bicyclic) bond motifs is 1. The van der Waals surface area contributed by atoms with Crippen molar-refractivity contribution in [2.24, 2.45) is 0 Å². The summed E-state index contributed by atoms with van der Waals surface area (Å²) in [6.45, 7) is 2.08. The van der Waals surface area contributed by atoms with Crippen molar-refractivity contribution in [2.75, 3.05) is 5.33 Å². The second-order valence-corrected chi connectivity index (χ2v) is 5.22. The molecule has 0 aliphatic heterocycles. The molecule has 0 aromatic heterocycles. The van der Waals surface area contributed by atoms with Crippen LogP contribution in [-0.4, -0.2) is 17.3 Å². The van der Waals surface area contributed by atoms with E-state index in [1.54, 1.807) is 0 Å². The molecule has 17 heavy (non-hydrogen) atoms. The predicted octanol–water partition coefficient (Wildman–Crippen LogP) is 3.08. The van der Waals surface area contributed by atoms with Gasteiger partial charge in [0.2, 0.25) is 0 Å². The minimum absolute atomic E-state index is 0.0472. The molecule has 1 atom stereocenters. The number of carbonyl (C=O) groups is 1. The van der Waals surface area contributed by atoms with Crippen molar-refractivity contribution < 1.29 is 4.79 Å². The Hall–Kier alpha value is -0.830. The second-order valence-electron chi connectivity index (χ2n) is 4.57. The fourth-order valence-corrected chi connectivity index (χ4v) is 2.85. The average molecular weight is 296 g/mol. The smallest absolute Gasteiger partial charge is 0.251 e. The highest BCUT2D eigenvalue weighted by Gasteiger charge is 2.15. The third-order valence-corrected chi connectivity index (χ3v) is 4.16. The Kier molecular flexibility index (Phi) is 4.21. The van der Waals surface area contributed by atoms with Gasteiger partial charge in [-0.2, -0.15) is 0 Å². The van der Waals surface area contributed by atoms with E-state index in [-0.39, 0.29) is 11.9 Å². The lowest BCUT2D eigenvalue weighted by Crippen LogP contribution is -2.35. The number of nitrogens with one attached hydrogen (secondary N) is 1. The lowest BCUT2D eigenvalue weighted by atomic mass is 10.1. The zero-order chi connectivity index (χ0) is 12.3. The Balaban J connectivity index is 2.09. The summed E-state index contributed by atoms with van der Waals surface area (Å²) < 4.78 is 0. The Bertz CT molecular complexity index is 413. The molecule has 0 bridgehead atoms. The molecule has 0 saturated carbocycles. The van der Waals surface area contributed by atoms with E-state index in [1.807, 2.05) is 6.07 Å². The third-order valence-electron chi connectivity index (χ3n) is 3.37. The maximum absolute atomic E-state index is 12.0. The molecule has 0 heterocycles. The number of benzene rings is 1. The minimum atomic E-state index is 0.0472. The van der Waals surface area contributed by atoms with E-state index >= 15 is 0 Å². The van der Waals surface area contributed by atoms with Crippen LogP contribution in [0.15, 0.2) is 18.2 Å². The number of alkyl halides is 1. The fraction of sp³-hybridized carbons (Fsp3) is 0.500. The van der Waals surface area contributed by atoms with E-state index in [0.717, 1.165) is 30.2 Å². The monoisotopic (exact) mass is 295 g/mol. The quantitative estimate of drug-likeness (QED) is 0.850. The van der Waals surface area contributed by atoms with Crippen LogP contribution in [0, 0.1) is 0 Å².